The van der Waals surface area contributed by atoms with Crippen LogP contribution in [-0.4, -0.2) is 19.1 Å². The van der Waals surface area contributed by atoms with Crippen molar-refractivity contribution in [3.8, 4) is 46.5 Å². The normalized spacial score (nSPS) is 12.0. The first-order valence-corrected chi connectivity index (χ1v) is 13.5. The third-order valence-electron chi connectivity index (χ3n) is 7.78. The van der Waals surface area contributed by atoms with Crippen molar-refractivity contribution in [3.63, 3.8) is 0 Å². The van der Waals surface area contributed by atoms with E-state index in [0.717, 1.165) is 21.3 Å². The minimum absolute atomic E-state index is 0.111. The van der Waals surface area contributed by atoms with Crippen LogP contribution in [0.25, 0.3) is 55.5 Å². The third kappa shape index (κ3) is 5.45. The first-order chi connectivity index (χ1) is 22.8. The monoisotopic (exact) mass is 682 g/mol. The highest BCUT2D eigenvalue weighted by molar-refractivity contribution is 6.18. The van der Waals surface area contributed by atoms with E-state index in [-0.39, 0.29) is 55.8 Å². The number of nitrogens with zero attached hydrogens (tertiary/aromatic N) is 8. The van der Waals surface area contributed by atoms with Crippen molar-refractivity contribution < 1.29 is 39.5 Å². The highest BCUT2D eigenvalue weighted by atomic mass is 19.4. The second-order valence-corrected chi connectivity index (χ2v) is 10.6. The fourth-order valence-electron chi connectivity index (χ4n) is 5.65. The molecule has 0 radical (unpaired) electrons. The minimum Gasteiger partial charge on any atom is -0.325 e. The first kappa shape index (κ1) is 34.0. The standard InChI is InChI=1S/C32H15F9N8/c1-14-8-17(30(33,34)35)4-6-19(14)22-23(20-7-5-18(31(36,37)38)9-21(20)32(39,40)41)27-25(47-29(49(27)3)16(12-44)13-45)24-26(22)48(2)28(46-24)15(10-42)11-43/h4-9H,1-3H3. The fraction of sp³-hybridized carbons (Fsp3) is 0.188. The Morgan fingerprint density at radius 2 is 0.980 bits per heavy atom. The Morgan fingerprint density at radius 3 is 1.35 bits per heavy atom. The molecule has 17 heteroatoms. The van der Waals surface area contributed by atoms with Crippen molar-refractivity contribution in [3.05, 3.63) is 69.6 Å². The van der Waals surface area contributed by atoms with Crippen LogP contribution in [0.2, 0.25) is 0 Å². The van der Waals surface area contributed by atoms with Crippen LogP contribution in [0.4, 0.5) is 39.5 Å². The summed E-state index contributed by atoms with van der Waals surface area (Å²) in [5.41, 5.74) is -9.29. The number of alkyl halides is 9. The average Bonchev–Trinajstić information content (AvgIpc) is 3.53. The Morgan fingerprint density at radius 1 is 0.592 bits per heavy atom. The molecule has 0 bridgehead atoms. The maximum atomic E-state index is 14.7. The van der Waals surface area contributed by atoms with Gasteiger partial charge >= 0.3 is 18.5 Å². The Kier molecular flexibility index (Phi) is 7.93. The number of benzene rings is 3. The van der Waals surface area contributed by atoms with Crippen LogP contribution in [0.5, 0.6) is 0 Å². The van der Waals surface area contributed by atoms with Crippen LogP contribution in [0.1, 0.15) is 22.3 Å². The summed E-state index contributed by atoms with van der Waals surface area (Å²) in [5, 5.41) is 38.5. The van der Waals surface area contributed by atoms with Crippen molar-refractivity contribution in [2.45, 2.75) is 25.5 Å². The summed E-state index contributed by atoms with van der Waals surface area (Å²) in [4.78, 5) is 8.66. The summed E-state index contributed by atoms with van der Waals surface area (Å²) >= 11 is 0. The molecule has 0 saturated carbocycles. The van der Waals surface area contributed by atoms with Gasteiger partial charge in [0, 0.05) is 25.2 Å². The van der Waals surface area contributed by atoms with Gasteiger partial charge in [0.2, 0.25) is 0 Å². The second-order valence-electron chi connectivity index (χ2n) is 10.6. The predicted octanol–water partition coefficient (Wildman–Crippen LogP) is 6.55. The molecule has 0 N–H and O–H groups in total. The predicted molar refractivity (Wildman–Crippen MR) is 154 cm³/mol. The largest absolute Gasteiger partial charge is 0.417 e. The number of aryl methyl sites for hydroxylation is 3. The molecule has 0 saturated heterocycles. The van der Waals surface area contributed by atoms with E-state index in [1.54, 1.807) is 24.3 Å². The molecule has 0 aliphatic carbocycles. The van der Waals surface area contributed by atoms with Crippen LogP contribution in [0.15, 0.2) is 36.4 Å². The molecule has 0 aliphatic heterocycles. The van der Waals surface area contributed by atoms with Gasteiger partial charge in [-0.1, -0.05) is 12.1 Å². The smallest absolute Gasteiger partial charge is 0.325 e. The van der Waals surface area contributed by atoms with Crippen LogP contribution >= 0.6 is 0 Å². The van der Waals surface area contributed by atoms with Gasteiger partial charge in [0.05, 0.1) is 27.7 Å². The van der Waals surface area contributed by atoms with E-state index in [1.165, 1.54) is 21.0 Å². The van der Waals surface area contributed by atoms with E-state index in [4.69, 9.17) is 0 Å². The molecule has 0 fully saturated rings. The lowest BCUT2D eigenvalue weighted by atomic mass is 9.86. The van der Waals surface area contributed by atoms with Crippen LogP contribution in [0, 0.1) is 52.2 Å². The van der Waals surface area contributed by atoms with Crippen LogP contribution in [-0.2, 0) is 32.6 Å². The van der Waals surface area contributed by atoms with Gasteiger partial charge in [-0.15, -0.1) is 0 Å². The van der Waals surface area contributed by atoms with Gasteiger partial charge < -0.3 is 9.13 Å². The van der Waals surface area contributed by atoms with Gasteiger partial charge in [-0.25, -0.2) is 9.97 Å². The molecular formula is C32H15F9N8. The average molecular weight is 683 g/mol. The zero-order valence-corrected chi connectivity index (χ0v) is 24.9. The lowest BCUT2D eigenvalue weighted by molar-refractivity contribution is -0.143. The molecule has 8 nitrogen and oxygen atoms in total. The zero-order chi connectivity index (χ0) is 36.4. The third-order valence-corrected chi connectivity index (χ3v) is 7.78. The highest BCUT2D eigenvalue weighted by Gasteiger charge is 2.40. The van der Waals surface area contributed by atoms with Crippen molar-refractivity contribution in [1.29, 1.82) is 21.0 Å². The summed E-state index contributed by atoms with van der Waals surface area (Å²) in [5.74, 6) is 0. The number of halogens is 9. The number of aromatic nitrogens is 4. The van der Waals surface area contributed by atoms with Crippen molar-refractivity contribution in [2.75, 3.05) is 0 Å². The summed E-state index contributed by atoms with van der Waals surface area (Å²) in [6.07, 6.45) is -15.5. The SMILES string of the molecule is Cc1cc(C(F)(F)F)ccc1-c1c(-c2ccc(C(F)(F)F)cc2C(F)(F)F)c2c(nc(=C(C#N)C#N)n2C)c2nc(=C(C#N)C#N)n(C)c12. The minimum atomic E-state index is -5.43. The Hall–Kier alpha value is -6.33. The number of hydrogen-bond donors (Lipinski definition) is 0. The van der Waals surface area contributed by atoms with E-state index >= 15 is 0 Å². The summed E-state index contributed by atoms with van der Waals surface area (Å²) in [7, 11) is 2.47. The van der Waals surface area contributed by atoms with Gasteiger partial charge in [0.15, 0.2) is 22.1 Å². The topological polar surface area (TPSA) is 131 Å². The lowest BCUT2D eigenvalue weighted by Gasteiger charge is -2.22. The molecule has 3 aromatic carbocycles. The van der Waals surface area contributed by atoms with Gasteiger partial charge in [-0.2, -0.15) is 60.6 Å². The first-order valence-electron chi connectivity index (χ1n) is 13.5. The number of nitriles is 4. The molecule has 5 rings (SSSR count). The van der Waals surface area contributed by atoms with Crippen molar-refractivity contribution >= 4 is 33.2 Å². The Bertz CT molecular complexity index is 2510. The molecule has 246 valence electrons. The van der Waals surface area contributed by atoms with Crippen molar-refractivity contribution in [1.82, 2.24) is 19.1 Å². The fourth-order valence-corrected chi connectivity index (χ4v) is 5.65. The molecule has 0 spiro atoms. The number of fused-ring (bicyclic) bond motifs is 3. The number of hydrogen-bond acceptors (Lipinski definition) is 6. The molecular weight excluding hydrogens is 667 g/mol. The van der Waals surface area contributed by atoms with E-state index in [0.29, 0.717) is 18.2 Å². The van der Waals surface area contributed by atoms with Gasteiger partial charge in [-0.3, -0.25) is 0 Å². The van der Waals surface area contributed by atoms with Gasteiger partial charge in [0.1, 0.15) is 35.3 Å². The molecule has 5 aromatic rings. The molecule has 2 heterocycles. The molecule has 49 heavy (non-hydrogen) atoms. The molecule has 0 unspecified atom stereocenters. The maximum Gasteiger partial charge on any atom is 0.417 e. The summed E-state index contributed by atoms with van der Waals surface area (Å²) < 4.78 is 129. The zero-order valence-electron chi connectivity index (χ0n) is 24.9. The second kappa shape index (κ2) is 11.4. The molecule has 0 atom stereocenters. The van der Waals surface area contributed by atoms with E-state index in [2.05, 4.69) is 9.97 Å². The molecule has 0 aliphatic rings. The number of rotatable bonds is 2. The van der Waals surface area contributed by atoms with Crippen LogP contribution < -0.4 is 11.0 Å². The summed E-state index contributed by atoms with van der Waals surface area (Å²) in [6.45, 7) is 1.23. The maximum absolute atomic E-state index is 14.7. The summed E-state index contributed by atoms with van der Waals surface area (Å²) in [6, 6.07) is 9.68. The Labute approximate surface area is 268 Å². The van der Waals surface area contributed by atoms with E-state index in [9.17, 15) is 60.6 Å². The van der Waals surface area contributed by atoms with Gasteiger partial charge in [0.25, 0.3) is 0 Å². The Balaban J connectivity index is 2.24. The molecule has 0 amide bonds. The van der Waals surface area contributed by atoms with E-state index < -0.39 is 57.5 Å². The van der Waals surface area contributed by atoms with Crippen molar-refractivity contribution in [2.24, 2.45) is 14.1 Å². The van der Waals surface area contributed by atoms with E-state index in [1.807, 2.05) is 0 Å². The highest BCUT2D eigenvalue weighted by Crippen LogP contribution is 2.49. The van der Waals surface area contributed by atoms with Gasteiger partial charge in [-0.05, 0) is 47.9 Å². The molecule has 2 aromatic heterocycles. The quantitative estimate of drug-likeness (QED) is 0.194. The van der Waals surface area contributed by atoms with Crippen LogP contribution in [0.3, 0.4) is 0 Å². The lowest BCUT2D eigenvalue weighted by Crippen LogP contribution is -2.19. The number of imidazole rings is 2.